The topological polar surface area (TPSA) is 93.1 Å². The Kier molecular flexibility index (Phi) is 15.8. The number of esters is 2. The van der Waals surface area contributed by atoms with Gasteiger partial charge < -0.3 is 23.5 Å². The van der Waals surface area contributed by atoms with Crippen LogP contribution in [0.2, 0.25) is 0 Å². The lowest BCUT2D eigenvalue weighted by molar-refractivity contribution is -0.144. The maximum Gasteiger partial charge on any atom is 0.417 e. The molecule has 0 saturated carbocycles. The first-order valence-corrected chi connectivity index (χ1v) is 18.6. The summed E-state index contributed by atoms with van der Waals surface area (Å²) in [7, 11) is 1.46. The van der Waals surface area contributed by atoms with E-state index in [0.29, 0.717) is 62.8 Å². The molecule has 11 heteroatoms. The molecule has 0 amide bonds. The highest BCUT2D eigenvalue weighted by Gasteiger charge is 2.36. The van der Waals surface area contributed by atoms with E-state index in [1.165, 1.54) is 24.6 Å². The predicted molar refractivity (Wildman–Crippen MR) is 203 cm³/mol. The average molecular weight is 750 g/mol. The third kappa shape index (κ3) is 12.0. The van der Waals surface area contributed by atoms with Crippen molar-refractivity contribution in [2.24, 2.45) is 7.05 Å². The van der Waals surface area contributed by atoms with Gasteiger partial charge in [-0.3, -0.25) is 14.4 Å². The van der Waals surface area contributed by atoms with E-state index in [1.807, 2.05) is 48.5 Å². The molecule has 4 aromatic rings. The van der Waals surface area contributed by atoms with E-state index in [0.717, 1.165) is 48.4 Å². The van der Waals surface area contributed by atoms with Crippen LogP contribution in [0.1, 0.15) is 81.2 Å². The maximum absolute atomic E-state index is 14.2. The molecule has 0 aliphatic heterocycles. The van der Waals surface area contributed by atoms with E-state index in [-0.39, 0.29) is 36.0 Å². The van der Waals surface area contributed by atoms with Crippen LogP contribution in [-0.2, 0) is 45.1 Å². The molecule has 0 atom stereocenters. The third-order valence-electron chi connectivity index (χ3n) is 9.09. The molecule has 0 N–H and O–H groups in total. The quantitative estimate of drug-likeness (QED) is 0.0657. The van der Waals surface area contributed by atoms with Gasteiger partial charge in [0.1, 0.15) is 11.5 Å². The summed E-state index contributed by atoms with van der Waals surface area (Å²) in [5, 5.41) is 0. The number of unbranched alkanes of at least 4 members (excludes halogenated alkanes) is 3. The van der Waals surface area contributed by atoms with Crippen molar-refractivity contribution in [2.75, 3.05) is 26.4 Å². The number of rotatable bonds is 20. The van der Waals surface area contributed by atoms with Gasteiger partial charge in [-0.05, 0) is 111 Å². The molecule has 1 heterocycles. The second-order valence-corrected chi connectivity index (χ2v) is 13.0. The Balaban J connectivity index is 1.41. The second kappa shape index (κ2) is 20.4. The number of carbonyl (C=O) groups excluding carboxylic acids is 2. The van der Waals surface area contributed by atoms with Crippen molar-refractivity contribution in [1.29, 1.82) is 0 Å². The highest BCUT2D eigenvalue weighted by Crippen LogP contribution is 2.38. The van der Waals surface area contributed by atoms with E-state index in [1.54, 1.807) is 26.0 Å². The largest absolute Gasteiger partial charge is 0.494 e. The first kappa shape index (κ1) is 41.7. The molecule has 54 heavy (non-hydrogen) atoms. The molecule has 0 saturated heterocycles. The summed E-state index contributed by atoms with van der Waals surface area (Å²) in [4.78, 5) is 37.2. The van der Waals surface area contributed by atoms with Gasteiger partial charge in [0.15, 0.2) is 0 Å². The summed E-state index contributed by atoms with van der Waals surface area (Å²) in [5.74, 6) is 0.538. The number of ether oxygens (including phenoxy) is 4. The van der Waals surface area contributed by atoms with Gasteiger partial charge in [-0.2, -0.15) is 13.2 Å². The van der Waals surface area contributed by atoms with Crippen molar-refractivity contribution in [3.8, 4) is 33.8 Å². The fourth-order valence-electron chi connectivity index (χ4n) is 6.26. The van der Waals surface area contributed by atoms with Crippen molar-refractivity contribution in [3.05, 3.63) is 106 Å². The van der Waals surface area contributed by atoms with Gasteiger partial charge in [-0.25, -0.2) is 0 Å². The first-order chi connectivity index (χ1) is 25.9. The van der Waals surface area contributed by atoms with Gasteiger partial charge in [-0.1, -0.05) is 55.3 Å². The zero-order chi connectivity index (χ0) is 39.1. The normalized spacial score (nSPS) is 11.3. The Morgan fingerprint density at radius 1 is 0.704 bits per heavy atom. The van der Waals surface area contributed by atoms with Crippen molar-refractivity contribution in [2.45, 2.75) is 84.7 Å². The predicted octanol–water partition coefficient (Wildman–Crippen LogP) is 9.45. The Morgan fingerprint density at radius 3 is 2.07 bits per heavy atom. The molecule has 1 aromatic heterocycles. The number of hydrogen-bond acceptors (Lipinski definition) is 7. The Hall–Kier alpha value is -5.06. The van der Waals surface area contributed by atoms with Crippen LogP contribution in [0.4, 0.5) is 13.2 Å². The van der Waals surface area contributed by atoms with Crippen molar-refractivity contribution < 1.29 is 41.7 Å². The average Bonchev–Trinajstić information content (AvgIpc) is 3.14. The summed E-state index contributed by atoms with van der Waals surface area (Å²) in [6.07, 6.45) is 0.865. The number of nitrogens with zero attached hydrogens (tertiary/aromatic N) is 1. The molecule has 0 fully saturated rings. The molecule has 8 nitrogen and oxygen atoms in total. The van der Waals surface area contributed by atoms with E-state index in [9.17, 15) is 27.6 Å². The minimum atomic E-state index is -4.72. The van der Waals surface area contributed by atoms with Gasteiger partial charge in [0.2, 0.25) is 0 Å². The SMILES string of the molecule is CCOC(=O)CCCOc1cccc(CCCCCCOc2cc(-c3ccccc3)cc(-c3c(C(F)(F)F)cc(C)n(C)c3=O)c2)c1CCC(=O)OCC. The van der Waals surface area contributed by atoms with Crippen LogP contribution in [0.3, 0.4) is 0 Å². The van der Waals surface area contributed by atoms with Crippen LogP contribution in [0.25, 0.3) is 22.3 Å². The highest BCUT2D eigenvalue weighted by molar-refractivity contribution is 5.77. The van der Waals surface area contributed by atoms with E-state index in [4.69, 9.17) is 18.9 Å². The van der Waals surface area contributed by atoms with E-state index >= 15 is 0 Å². The summed E-state index contributed by atoms with van der Waals surface area (Å²) in [5.41, 5.74) is 1.71. The summed E-state index contributed by atoms with van der Waals surface area (Å²) in [6, 6.07) is 21.0. The number of aromatic nitrogens is 1. The number of carbonyl (C=O) groups is 2. The Labute approximate surface area is 315 Å². The number of halogens is 3. The van der Waals surface area contributed by atoms with Crippen LogP contribution >= 0.6 is 0 Å². The molecule has 0 aliphatic rings. The first-order valence-electron chi connectivity index (χ1n) is 18.6. The highest BCUT2D eigenvalue weighted by atomic mass is 19.4. The lowest BCUT2D eigenvalue weighted by Gasteiger charge is -2.18. The van der Waals surface area contributed by atoms with Gasteiger partial charge in [0, 0.05) is 25.6 Å². The fourth-order valence-corrected chi connectivity index (χ4v) is 6.26. The second-order valence-electron chi connectivity index (χ2n) is 13.0. The number of hydrogen-bond donors (Lipinski definition) is 0. The zero-order valence-corrected chi connectivity index (χ0v) is 31.6. The lowest BCUT2D eigenvalue weighted by atomic mass is 9.95. The minimum absolute atomic E-state index is 0.142. The summed E-state index contributed by atoms with van der Waals surface area (Å²) in [6.45, 7) is 6.35. The van der Waals surface area contributed by atoms with Crippen LogP contribution < -0.4 is 15.0 Å². The molecular formula is C43H50F3NO7. The number of pyridine rings is 1. The number of aryl methyl sites for hydroxylation is 2. The van der Waals surface area contributed by atoms with Gasteiger partial charge in [0.05, 0.1) is 37.6 Å². The maximum atomic E-state index is 14.2. The van der Waals surface area contributed by atoms with Crippen LogP contribution in [0, 0.1) is 6.92 Å². The van der Waals surface area contributed by atoms with E-state index < -0.39 is 22.9 Å². The van der Waals surface area contributed by atoms with Crippen LogP contribution in [0.5, 0.6) is 11.5 Å². The molecule has 4 rings (SSSR count). The summed E-state index contributed by atoms with van der Waals surface area (Å²) >= 11 is 0. The summed E-state index contributed by atoms with van der Waals surface area (Å²) < 4.78 is 66.3. The molecule has 0 aliphatic carbocycles. The fraction of sp³-hybridized carbons (Fsp3) is 0.419. The molecule has 0 radical (unpaired) electrons. The molecule has 3 aromatic carbocycles. The molecule has 0 unspecified atom stereocenters. The molecule has 0 spiro atoms. The van der Waals surface area contributed by atoms with Crippen molar-refractivity contribution in [3.63, 3.8) is 0 Å². The van der Waals surface area contributed by atoms with Gasteiger partial charge >= 0.3 is 18.1 Å². The lowest BCUT2D eigenvalue weighted by Crippen LogP contribution is -2.25. The minimum Gasteiger partial charge on any atom is -0.494 e. The Morgan fingerprint density at radius 2 is 1.37 bits per heavy atom. The van der Waals surface area contributed by atoms with Crippen LogP contribution in [0.15, 0.2) is 77.6 Å². The van der Waals surface area contributed by atoms with Crippen molar-refractivity contribution in [1.82, 2.24) is 4.57 Å². The Bertz CT molecular complexity index is 1900. The standard InChI is InChI=1S/C43H50F3NO7/c1-5-51-39(48)21-15-25-54-38-20-14-19-32(36(38)22-23-40(49)52-6-2)18-10-7-8-13-24-53-35-28-33(31-16-11-9-12-17-31)27-34(29-35)41-37(43(44,45)46)26-30(3)47(4)42(41)50/h9,11-12,14,16-17,19-20,26-29H,5-8,10,13,15,18,21-25H2,1-4H3. The zero-order valence-electron chi connectivity index (χ0n) is 31.6. The van der Waals surface area contributed by atoms with Crippen LogP contribution in [-0.4, -0.2) is 42.9 Å². The number of benzene rings is 3. The third-order valence-corrected chi connectivity index (χ3v) is 9.09. The van der Waals surface area contributed by atoms with Gasteiger partial charge in [0.25, 0.3) is 5.56 Å². The number of alkyl halides is 3. The van der Waals surface area contributed by atoms with Crippen molar-refractivity contribution >= 4 is 11.9 Å². The van der Waals surface area contributed by atoms with Gasteiger partial charge in [-0.15, -0.1) is 0 Å². The van der Waals surface area contributed by atoms with E-state index in [2.05, 4.69) is 0 Å². The molecule has 0 bridgehead atoms. The molecular weight excluding hydrogens is 699 g/mol. The molecule has 290 valence electrons. The monoisotopic (exact) mass is 749 g/mol. The smallest absolute Gasteiger partial charge is 0.417 e.